The summed E-state index contributed by atoms with van der Waals surface area (Å²) in [5.74, 6) is 3.97. The number of rotatable bonds is 7. The first-order valence-electron chi connectivity index (χ1n) is 12.4. The molecule has 0 aliphatic carbocycles. The van der Waals surface area contributed by atoms with Gasteiger partial charge in [-0.25, -0.2) is 10.1 Å². The summed E-state index contributed by atoms with van der Waals surface area (Å²) >= 11 is 0. The smallest absolute Gasteiger partial charge is 0.300 e. The Hall–Kier alpha value is -1.76. The van der Waals surface area contributed by atoms with Crippen molar-refractivity contribution in [3.63, 3.8) is 0 Å². The molecule has 4 atom stereocenters. The fourth-order valence-corrected chi connectivity index (χ4v) is 6.21. The molecule has 0 aromatic rings. The summed E-state index contributed by atoms with van der Waals surface area (Å²) in [4.78, 5) is 13.4. The number of hydrogen-bond donors (Lipinski definition) is 0. The highest BCUT2D eigenvalue weighted by Crippen LogP contribution is 2.26. The number of nitriles is 1. The van der Waals surface area contributed by atoms with Crippen LogP contribution < -0.4 is 0 Å². The molecule has 4 unspecified atom stereocenters. The van der Waals surface area contributed by atoms with Gasteiger partial charge in [-0.2, -0.15) is 0 Å². The molecule has 3 aliphatic rings. The Morgan fingerprint density at radius 2 is 1.32 bits per heavy atom. The lowest BCUT2D eigenvalue weighted by Crippen LogP contribution is -2.42. The highest BCUT2D eigenvalue weighted by Gasteiger charge is 2.30. The summed E-state index contributed by atoms with van der Waals surface area (Å²) in [6, 6.07) is 2.18. The van der Waals surface area contributed by atoms with E-state index in [1.807, 2.05) is 0 Å². The fraction of sp³-hybridized carbons (Fsp3) is 0.840. The van der Waals surface area contributed by atoms with E-state index in [9.17, 15) is 5.26 Å². The summed E-state index contributed by atoms with van der Waals surface area (Å²) in [5, 5.41) is 9.60. The minimum Gasteiger partial charge on any atom is -0.365 e. The van der Waals surface area contributed by atoms with Gasteiger partial charge in [0.2, 0.25) is 0 Å². The first-order valence-corrected chi connectivity index (χ1v) is 12.4. The zero-order chi connectivity index (χ0) is 22.4. The van der Waals surface area contributed by atoms with Gasteiger partial charge in [0.1, 0.15) is 5.82 Å². The van der Waals surface area contributed by atoms with Crippen molar-refractivity contribution in [2.24, 2.45) is 23.7 Å². The predicted octanol–water partition coefficient (Wildman–Crippen LogP) is 3.56. The Kier molecular flexibility index (Phi) is 8.64. The van der Waals surface area contributed by atoms with E-state index >= 15 is 0 Å². The van der Waals surface area contributed by atoms with Crippen molar-refractivity contribution >= 4 is 0 Å². The van der Waals surface area contributed by atoms with Gasteiger partial charge in [0.15, 0.2) is 0 Å². The van der Waals surface area contributed by atoms with E-state index in [-0.39, 0.29) is 5.70 Å². The lowest BCUT2D eigenvalue weighted by Gasteiger charge is -2.36. The number of likely N-dealkylation sites (tertiary alicyclic amines) is 2. The van der Waals surface area contributed by atoms with Crippen molar-refractivity contribution in [3.8, 4) is 6.07 Å². The van der Waals surface area contributed by atoms with E-state index in [1.54, 1.807) is 0 Å². The minimum atomic E-state index is 0.262. The van der Waals surface area contributed by atoms with Crippen LogP contribution in [-0.2, 0) is 0 Å². The molecule has 0 radical (unpaired) electrons. The molecule has 3 fully saturated rings. The maximum absolute atomic E-state index is 9.60. The third-order valence-electron chi connectivity index (χ3n) is 7.15. The maximum atomic E-state index is 9.60. The average molecular weight is 427 g/mol. The summed E-state index contributed by atoms with van der Waals surface area (Å²) in [6.07, 6.45) is 3.76. The Balaban J connectivity index is 1.55. The third kappa shape index (κ3) is 6.61. The Morgan fingerprint density at radius 3 is 1.81 bits per heavy atom. The zero-order valence-corrected chi connectivity index (χ0v) is 20.2. The molecule has 0 N–H and O–H groups in total. The van der Waals surface area contributed by atoms with Crippen LogP contribution >= 0.6 is 0 Å². The van der Waals surface area contributed by atoms with Crippen molar-refractivity contribution in [2.75, 3.05) is 65.4 Å². The Labute approximate surface area is 190 Å². The molecule has 6 nitrogen and oxygen atoms in total. The van der Waals surface area contributed by atoms with Gasteiger partial charge in [-0.1, -0.05) is 27.7 Å². The fourth-order valence-electron chi connectivity index (χ4n) is 6.21. The number of nitrogens with zero attached hydrogens (tertiary/aromatic N) is 6. The first kappa shape index (κ1) is 23.9. The zero-order valence-electron chi connectivity index (χ0n) is 20.2. The van der Waals surface area contributed by atoms with Gasteiger partial charge in [-0.05, 0) is 49.5 Å². The molecule has 0 aromatic carbocycles. The van der Waals surface area contributed by atoms with Crippen LogP contribution in [0.4, 0.5) is 0 Å². The molecule has 31 heavy (non-hydrogen) atoms. The van der Waals surface area contributed by atoms with Gasteiger partial charge < -0.3 is 19.6 Å². The quantitative estimate of drug-likeness (QED) is 0.460. The van der Waals surface area contributed by atoms with Crippen molar-refractivity contribution in [1.29, 1.82) is 5.26 Å². The number of piperidine rings is 2. The van der Waals surface area contributed by atoms with E-state index in [0.29, 0.717) is 0 Å². The molecule has 3 heterocycles. The lowest BCUT2D eigenvalue weighted by atomic mass is 9.92. The predicted molar refractivity (Wildman–Crippen MR) is 126 cm³/mol. The molecular formula is C25H42N6. The molecule has 3 rings (SSSR count). The van der Waals surface area contributed by atoms with Crippen LogP contribution in [0.25, 0.3) is 4.85 Å². The van der Waals surface area contributed by atoms with Crippen LogP contribution in [0.2, 0.25) is 0 Å². The summed E-state index contributed by atoms with van der Waals surface area (Å²) in [5.41, 5.74) is 0.262. The van der Waals surface area contributed by atoms with Crippen LogP contribution in [0.5, 0.6) is 0 Å². The molecule has 0 aromatic heterocycles. The molecule has 3 saturated heterocycles. The van der Waals surface area contributed by atoms with Crippen molar-refractivity contribution in [2.45, 2.75) is 47.0 Å². The number of allylic oxidation sites excluding steroid dienone is 1. The van der Waals surface area contributed by atoms with Crippen LogP contribution in [0.3, 0.4) is 0 Å². The second-order valence-electron chi connectivity index (χ2n) is 10.6. The Bertz CT molecular complexity index is 668. The third-order valence-corrected chi connectivity index (χ3v) is 7.15. The largest absolute Gasteiger partial charge is 0.365 e. The average Bonchev–Trinajstić information content (AvgIpc) is 3.09. The van der Waals surface area contributed by atoms with Gasteiger partial charge in [0.05, 0.1) is 12.6 Å². The highest BCUT2D eigenvalue weighted by molar-refractivity contribution is 5.33. The normalized spacial score (nSPS) is 32.1. The monoisotopic (exact) mass is 426 g/mol. The molecule has 0 bridgehead atoms. The highest BCUT2D eigenvalue weighted by atomic mass is 15.4. The molecule has 0 saturated carbocycles. The minimum absolute atomic E-state index is 0.262. The van der Waals surface area contributed by atoms with Crippen molar-refractivity contribution in [1.82, 2.24) is 19.6 Å². The van der Waals surface area contributed by atoms with Crippen LogP contribution in [-0.4, -0.2) is 85.0 Å². The second kappa shape index (κ2) is 11.2. The lowest BCUT2D eigenvalue weighted by molar-refractivity contribution is 0.129. The van der Waals surface area contributed by atoms with Crippen LogP contribution in [0, 0.1) is 41.6 Å². The van der Waals surface area contributed by atoms with Crippen LogP contribution in [0.15, 0.2) is 11.5 Å². The first-order chi connectivity index (χ1) is 14.9. The summed E-state index contributed by atoms with van der Waals surface area (Å²) in [6.45, 7) is 27.5. The van der Waals surface area contributed by atoms with E-state index in [4.69, 9.17) is 6.57 Å². The van der Waals surface area contributed by atoms with Gasteiger partial charge >= 0.3 is 5.70 Å². The van der Waals surface area contributed by atoms with Crippen LogP contribution in [0.1, 0.15) is 47.0 Å². The Morgan fingerprint density at radius 1 is 0.839 bits per heavy atom. The van der Waals surface area contributed by atoms with Gasteiger partial charge in [-0.15, -0.1) is 0 Å². The second-order valence-corrected chi connectivity index (χ2v) is 10.6. The molecular weight excluding hydrogens is 384 g/mol. The standard InChI is InChI=1S/C25H42N6/c1-20-13-21(2)17-28(16-20)7-6-8-30-11-12-31(25(30)24(15-26)27-5)10-9-29-18-22(3)14-23(4)19-29/h20-23H,6-14,16-19H2,1-4H3/b25-24+. The summed E-state index contributed by atoms with van der Waals surface area (Å²) < 4.78 is 0. The molecule has 172 valence electrons. The van der Waals surface area contributed by atoms with Gasteiger partial charge in [0.25, 0.3) is 0 Å². The summed E-state index contributed by atoms with van der Waals surface area (Å²) in [7, 11) is 0. The molecule has 6 heteroatoms. The van der Waals surface area contributed by atoms with E-state index in [0.717, 1.165) is 75.2 Å². The molecule has 3 aliphatic heterocycles. The van der Waals surface area contributed by atoms with Crippen molar-refractivity contribution < 1.29 is 0 Å². The maximum Gasteiger partial charge on any atom is 0.300 e. The topological polar surface area (TPSA) is 41.1 Å². The van der Waals surface area contributed by atoms with E-state index in [2.05, 4.69) is 58.2 Å². The van der Waals surface area contributed by atoms with E-state index in [1.165, 1.54) is 39.0 Å². The molecule has 0 amide bonds. The van der Waals surface area contributed by atoms with Gasteiger partial charge in [0, 0.05) is 58.9 Å². The number of hydrogen-bond acceptors (Lipinski definition) is 5. The SMILES string of the molecule is [C-]#[N+]/C(C#N)=C1\N(CCCN2CC(C)CC(C)C2)CCN1CCN1CC(C)CC(C)C1. The molecule has 0 spiro atoms. The van der Waals surface area contributed by atoms with E-state index < -0.39 is 0 Å². The van der Waals surface area contributed by atoms with Gasteiger partial charge in [-0.3, -0.25) is 0 Å². The van der Waals surface area contributed by atoms with Crippen molar-refractivity contribution in [3.05, 3.63) is 22.9 Å².